The Labute approximate surface area is 157 Å². The van der Waals surface area contributed by atoms with Gasteiger partial charge in [0.15, 0.2) is 0 Å². The molecule has 6 nitrogen and oxygen atoms in total. The van der Waals surface area contributed by atoms with Gasteiger partial charge in [0, 0.05) is 30.9 Å². The Morgan fingerprint density at radius 3 is 2.92 bits per heavy atom. The number of aromatic amines is 1. The Hall–Kier alpha value is -2.73. The fraction of sp³-hybridized carbons (Fsp3) is 0.263. The average Bonchev–Trinajstić information content (AvgIpc) is 2.64. The van der Waals surface area contributed by atoms with E-state index in [1.165, 1.54) is 11.1 Å². The SMILES string of the molecule is C=CN(Cc1ccccc1C)C1=C(N)CN(c2cn[nH]c(=O)c2Cl)CC1. The molecule has 1 aromatic carbocycles. The number of rotatable bonds is 5. The van der Waals surface area contributed by atoms with E-state index >= 15 is 0 Å². The van der Waals surface area contributed by atoms with E-state index in [-0.39, 0.29) is 5.02 Å². The summed E-state index contributed by atoms with van der Waals surface area (Å²) < 4.78 is 0. The van der Waals surface area contributed by atoms with Crippen molar-refractivity contribution in [1.82, 2.24) is 15.1 Å². The molecule has 0 unspecified atom stereocenters. The van der Waals surface area contributed by atoms with Crippen molar-refractivity contribution in [2.75, 3.05) is 18.0 Å². The van der Waals surface area contributed by atoms with E-state index in [2.05, 4.69) is 40.7 Å². The van der Waals surface area contributed by atoms with Crippen LogP contribution < -0.4 is 16.2 Å². The third-order valence-electron chi connectivity index (χ3n) is 4.64. The van der Waals surface area contributed by atoms with Crippen LogP contribution in [0.3, 0.4) is 0 Å². The van der Waals surface area contributed by atoms with Crippen LogP contribution in [0.25, 0.3) is 0 Å². The number of hydrogen-bond donors (Lipinski definition) is 2. The molecule has 0 spiro atoms. The topological polar surface area (TPSA) is 78.2 Å². The molecule has 0 bridgehead atoms. The summed E-state index contributed by atoms with van der Waals surface area (Å²) in [6, 6.07) is 8.27. The Bertz CT molecular complexity index is 905. The number of nitrogens with one attached hydrogen (secondary N) is 1. The molecule has 3 rings (SSSR count). The van der Waals surface area contributed by atoms with Crippen molar-refractivity contribution in [3.63, 3.8) is 0 Å². The van der Waals surface area contributed by atoms with Gasteiger partial charge in [-0.25, -0.2) is 5.10 Å². The van der Waals surface area contributed by atoms with E-state index in [4.69, 9.17) is 17.3 Å². The van der Waals surface area contributed by atoms with Gasteiger partial charge in [0.05, 0.1) is 18.4 Å². The van der Waals surface area contributed by atoms with Crippen molar-refractivity contribution in [2.24, 2.45) is 5.73 Å². The number of H-pyrrole nitrogens is 1. The van der Waals surface area contributed by atoms with Crippen LogP contribution in [0.4, 0.5) is 5.69 Å². The fourth-order valence-corrected chi connectivity index (χ4v) is 3.36. The molecule has 1 aliphatic rings. The number of nitrogens with zero attached hydrogens (tertiary/aromatic N) is 3. The average molecular weight is 372 g/mol. The highest BCUT2D eigenvalue weighted by atomic mass is 35.5. The lowest BCUT2D eigenvalue weighted by Crippen LogP contribution is -2.38. The van der Waals surface area contributed by atoms with E-state index in [9.17, 15) is 4.79 Å². The molecule has 0 fully saturated rings. The summed E-state index contributed by atoms with van der Waals surface area (Å²) in [5, 5.41) is 6.30. The number of benzene rings is 1. The van der Waals surface area contributed by atoms with Crippen LogP contribution in [-0.2, 0) is 6.54 Å². The number of hydrogen-bond acceptors (Lipinski definition) is 5. The van der Waals surface area contributed by atoms with Crippen LogP contribution in [0, 0.1) is 6.92 Å². The number of aryl methyl sites for hydroxylation is 1. The Kier molecular flexibility index (Phi) is 5.32. The minimum Gasteiger partial charge on any atom is -0.399 e. The first-order valence-corrected chi connectivity index (χ1v) is 8.78. The standard InChI is InChI=1S/C19H22ClN5O/c1-3-24(11-14-7-5-4-6-13(14)2)16-8-9-25(12-15(16)21)17-10-22-23-19(26)18(17)20/h3-7,10H,1,8-9,11-12,21H2,2H3,(H,23,26). The second kappa shape index (κ2) is 7.66. The van der Waals surface area contributed by atoms with E-state index in [0.29, 0.717) is 18.8 Å². The minimum absolute atomic E-state index is 0.136. The van der Waals surface area contributed by atoms with E-state index in [1.807, 2.05) is 23.2 Å². The molecular formula is C19H22ClN5O. The van der Waals surface area contributed by atoms with Crippen molar-refractivity contribution < 1.29 is 0 Å². The van der Waals surface area contributed by atoms with Crippen LogP contribution in [0.5, 0.6) is 0 Å². The van der Waals surface area contributed by atoms with Crippen LogP contribution in [0.2, 0.25) is 5.02 Å². The lowest BCUT2D eigenvalue weighted by molar-refractivity contribution is 0.423. The maximum Gasteiger partial charge on any atom is 0.285 e. The molecular weight excluding hydrogens is 350 g/mol. The van der Waals surface area contributed by atoms with Crippen LogP contribution >= 0.6 is 11.6 Å². The quantitative estimate of drug-likeness (QED) is 0.845. The number of nitrogens with two attached hydrogens (primary N) is 1. The van der Waals surface area contributed by atoms with Crippen molar-refractivity contribution in [2.45, 2.75) is 19.9 Å². The maximum atomic E-state index is 11.7. The zero-order valence-electron chi connectivity index (χ0n) is 14.7. The van der Waals surface area contributed by atoms with Crippen LogP contribution in [-0.4, -0.2) is 28.2 Å². The number of aromatic nitrogens is 2. The van der Waals surface area contributed by atoms with Gasteiger partial charge >= 0.3 is 0 Å². The van der Waals surface area contributed by atoms with Gasteiger partial charge in [-0.05, 0) is 24.3 Å². The van der Waals surface area contributed by atoms with Gasteiger partial charge in [-0.2, -0.15) is 5.10 Å². The largest absolute Gasteiger partial charge is 0.399 e. The highest BCUT2D eigenvalue weighted by Crippen LogP contribution is 2.28. The third kappa shape index (κ3) is 3.60. The number of anilines is 1. The van der Waals surface area contributed by atoms with Crippen molar-refractivity contribution in [1.29, 1.82) is 0 Å². The summed E-state index contributed by atoms with van der Waals surface area (Å²) in [5.74, 6) is 0. The van der Waals surface area contributed by atoms with Gasteiger partial charge in [-0.1, -0.05) is 42.4 Å². The maximum absolute atomic E-state index is 11.7. The van der Waals surface area contributed by atoms with Crippen molar-refractivity contribution in [3.8, 4) is 0 Å². The van der Waals surface area contributed by atoms with Gasteiger partial charge in [-0.15, -0.1) is 0 Å². The molecule has 0 saturated heterocycles. The highest BCUT2D eigenvalue weighted by molar-refractivity contribution is 6.33. The summed E-state index contributed by atoms with van der Waals surface area (Å²) in [5.41, 5.74) is 10.8. The molecule has 1 aliphatic heterocycles. The zero-order valence-corrected chi connectivity index (χ0v) is 15.5. The summed E-state index contributed by atoms with van der Waals surface area (Å²) in [6.07, 6.45) is 4.10. The Balaban J connectivity index is 1.82. The van der Waals surface area contributed by atoms with Gasteiger partial charge in [0.2, 0.25) is 0 Å². The van der Waals surface area contributed by atoms with Crippen molar-refractivity contribution in [3.05, 3.63) is 81.1 Å². The molecule has 1 aromatic heterocycles. The highest BCUT2D eigenvalue weighted by Gasteiger charge is 2.23. The minimum atomic E-state index is -0.398. The molecule has 2 aromatic rings. The summed E-state index contributed by atoms with van der Waals surface area (Å²) in [7, 11) is 0. The second-order valence-corrected chi connectivity index (χ2v) is 6.66. The fourth-order valence-electron chi connectivity index (χ4n) is 3.15. The molecule has 0 saturated carbocycles. The molecule has 2 heterocycles. The first-order chi connectivity index (χ1) is 12.5. The molecule has 7 heteroatoms. The zero-order chi connectivity index (χ0) is 18.7. The van der Waals surface area contributed by atoms with Crippen LogP contribution in [0.15, 0.2) is 59.4 Å². The van der Waals surface area contributed by atoms with Crippen LogP contribution in [0.1, 0.15) is 17.5 Å². The first kappa shape index (κ1) is 18.1. The van der Waals surface area contributed by atoms with Gasteiger partial charge in [-0.3, -0.25) is 4.79 Å². The number of halogens is 1. The lowest BCUT2D eigenvalue weighted by Gasteiger charge is -2.35. The predicted molar refractivity (Wildman–Crippen MR) is 105 cm³/mol. The monoisotopic (exact) mass is 371 g/mol. The first-order valence-electron chi connectivity index (χ1n) is 8.40. The Morgan fingerprint density at radius 1 is 1.46 bits per heavy atom. The summed E-state index contributed by atoms with van der Waals surface area (Å²) in [6.45, 7) is 7.94. The van der Waals surface area contributed by atoms with E-state index in [0.717, 1.165) is 24.4 Å². The van der Waals surface area contributed by atoms with E-state index < -0.39 is 5.56 Å². The molecule has 3 N–H and O–H groups in total. The van der Waals surface area contributed by atoms with Gasteiger partial charge in [0.1, 0.15) is 5.02 Å². The smallest absolute Gasteiger partial charge is 0.285 e. The third-order valence-corrected chi connectivity index (χ3v) is 5.00. The van der Waals surface area contributed by atoms with Crippen molar-refractivity contribution >= 4 is 17.3 Å². The molecule has 0 aliphatic carbocycles. The molecule has 136 valence electrons. The molecule has 26 heavy (non-hydrogen) atoms. The molecule has 0 radical (unpaired) electrons. The summed E-state index contributed by atoms with van der Waals surface area (Å²) in [4.78, 5) is 15.7. The van der Waals surface area contributed by atoms with E-state index in [1.54, 1.807) is 6.20 Å². The lowest BCUT2D eigenvalue weighted by atomic mass is 10.1. The molecule has 0 atom stereocenters. The normalized spacial score (nSPS) is 14.5. The van der Waals surface area contributed by atoms with Gasteiger partial charge in [0.25, 0.3) is 5.56 Å². The van der Waals surface area contributed by atoms with Gasteiger partial charge < -0.3 is 15.5 Å². The predicted octanol–water partition coefficient (Wildman–Crippen LogP) is 2.76. The summed E-state index contributed by atoms with van der Waals surface area (Å²) >= 11 is 6.12. The second-order valence-electron chi connectivity index (χ2n) is 6.28. The molecule has 0 amide bonds. The Morgan fingerprint density at radius 2 is 2.23 bits per heavy atom.